The van der Waals surface area contributed by atoms with E-state index in [9.17, 15) is 4.79 Å². The summed E-state index contributed by atoms with van der Waals surface area (Å²) in [6.07, 6.45) is 8.70. The van der Waals surface area contributed by atoms with Gasteiger partial charge >= 0.3 is 0 Å². The number of rotatable bonds is 4. The lowest BCUT2D eigenvalue weighted by atomic mass is 9.94. The number of likely N-dealkylation sites (tertiary alicyclic amines) is 1. The zero-order chi connectivity index (χ0) is 17.2. The van der Waals surface area contributed by atoms with Crippen LogP contribution in [0.25, 0.3) is 0 Å². The van der Waals surface area contributed by atoms with E-state index in [-0.39, 0.29) is 5.91 Å². The molecule has 6 nitrogen and oxygen atoms in total. The average Bonchev–Trinajstić information content (AvgIpc) is 3.17. The Balaban J connectivity index is 1.58. The molecule has 0 spiro atoms. The van der Waals surface area contributed by atoms with E-state index < -0.39 is 0 Å². The van der Waals surface area contributed by atoms with Gasteiger partial charge in [-0.1, -0.05) is 38.8 Å². The van der Waals surface area contributed by atoms with E-state index in [1.54, 1.807) is 0 Å². The molecule has 1 aromatic rings. The lowest BCUT2D eigenvalue weighted by molar-refractivity contribution is 0.0932. The minimum Gasteiger partial charge on any atom is -0.348 e. The van der Waals surface area contributed by atoms with Crippen LogP contribution in [-0.4, -0.2) is 51.5 Å². The lowest BCUT2D eigenvalue weighted by Crippen LogP contribution is -2.41. The molecular weight excluding hydrogens is 302 g/mol. The minimum absolute atomic E-state index is 0.0736. The Bertz CT molecular complexity index is 556. The van der Waals surface area contributed by atoms with E-state index in [0.29, 0.717) is 23.2 Å². The molecule has 134 valence electrons. The van der Waals surface area contributed by atoms with Crippen molar-refractivity contribution in [3.63, 3.8) is 0 Å². The first-order valence-corrected chi connectivity index (χ1v) is 9.36. The summed E-state index contributed by atoms with van der Waals surface area (Å²) in [6, 6.07) is 0.640. The van der Waals surface area contributed by atoms with Crippen LogP contribution in [0.4, 0.5) is 0 Å². The molecule has 3 rings (SSSR count). The van der Waals surface area contributed by atoms with Crippen molar-refractivity contribution >= 4 is 5.91 Å². The molecule has 0 bridgehead atoms. The van der Waals surface area contributed by atoms with Crippen molar-refractivity contribution in [1.29, 1.82) is 0 Å². The van der Waals surface area contributed by atoms with Gasteiger partial charge in [-0.05, 0) is 37.6 Å². The van der Waals surface area contributed by atoms with Crippen LogP contribution in [0.15, 0.2) is 6.20 Å². The Morgan fingerprint density at radius 3 is 2.71 bits per heavy atom. The highest BCUT2D eigenvalue weighted by Gasteiger charge is 2.26. The summed E-state index contributed by atoms with van der Waals surface area (Å²) >= 11 is 0. The predicted octanol–water partition coefficient (Wildman–Crippen LogP) is 2.63. The van der Waals surface area contributed by atoms with E-state index in [1.807, 2.05) is 10.9 Å². The molecule has 0 aromatic carbocycles. The van der Waals surface area contributed by atoms with Gasteiger partial charge in [-0.3, -0.25) is 4.79 Å². The van der Waals surface area contributed by atoms with Gasteiger partial charge in [0.1, 0.15) is 0 Å². The fourth-order valence-corrected chi connectivity index (χ4v) is 3.95. The van der Waals surface area contributed by atoms with Gasteiger partial charge in [0.2, 0.25) is 0 Å². The van der Waals surface area contributed by atoms with Crippen molar-refractivity contribution < 1.29 is 4.79 Å². The first-order valence-electron chi connectivity index (χ1n) is 9.36. The highest BCUT2D eigenvalue weighted by atomic mass is 16.2. The van der Waals surface area contributed by atoms with Gasteiger partial charge in [0.15, 0.2) is 5.69 Å². The molecule has 24 heavy (non-hydrogen) atoms. The van der Waals surface area contributed by atoms with Crippen molar-refractivity contribution in [1.82, 2.24) is 25.2 Å². The van der Waals surface area contributed by atoms with E-state index in [4.69, 9.17) is 0 Å². The summed E-state index contributed by atoms with van der Waals surface area (Å²) in [5.74, 6) is -0.0736. The van der Waals surface area contributed by atoms with E-state index in [2.05, 4.69) is 41.3 Å². The number of carbonyl (C=O) groups excluding carboxylic acids is 1. The monoisotopic (exact) mass is 333 g/mol. The highest BCUT2D eigenvalue weighted by molar-refractivity contribution is 5.92. The number of hydrogen-bond acceptors (Lipinski definition) is 4. The summed E-state index contributed by atoms with van der Waals surface area (Å²) < 4.78 is 1.90. The number of nitrogens with zero attached hydrogens (tertiary/aromatic N) is 4. The molecule has 2 aliphatic rings. The van der Waals surface area contributed by atoms with Gasteiger partial charge in [0, 0.05) is 19.1 Å². The molecule has 1 saturated carbocycles. The molecule has 0 unspecified atom stereocenters. The molecule has 1 atom stereocenters. The maximum absolute atomic E-state index is 12.3. The maximum atomic E-state index is 12.3. The number of nitrogens with one attached hydrogen (secondary N) is 1. The van der Waals surface area contributed by atoms with Crippen molar-refractivity contribution in [2.24, 2.45) is 5.41 Å². The molecule has 1 saturated heterocycles. The van der Waals surface area contributed by atoms with Gasteiger partial charge in [-0.2, -0.15) is 0 Å². The zero-order valence-corrected chi connectivity index (χ0v) is 15.3. The molecule has 2 heterocycles. The number of carbonyl (C=O) groups is 1. The first-order chi connectivity index (χ1) is 11.4. The van der Waals surface area contributed by atoms with Crippen LogP contribution in [0.5, 0.6) is 0 Å². The highest BCUT2D eigenvalue weighted by Crippen LogP contribution is 2.24. The van der Waals surface area contributed by atoms with Gasteiger partial charge in [-0.25, -0.2) is 4.68 Å². The second-order valence-electron chi connectivity index (χ2n) is 8.63. The van der Waals surface area contributed by atoms with E-state index in [0.717, 1.165) is 38.9 Å². The van der Waals surface area contributed by atoms with Crippen LogP contribution >= 0.6 is 0 Å². The third kappa shape index (κ3) is 4.56. The van der Waals surface area contributed by atoms with E-state index in [1.165, 1.54) is 19.3 Å². The second-order valence-corrected chi connectivity index (χ2v) is 8.63. The van der Waals surface area contributed by atoms with Crippen molar-refractivity contribution in [2.45, 2.75) is 71.4 Å². The molecular formula is C18H31N5O. The van der Waals surface area contributed by atoms with Gasteiger partial charge in [0.05, 0.1) is 12.2 Å². The Kier molecular flexibility index (Phi) is 5.23. The second kappa shape index (κ2) is 7.21. The average molecular weight is 333 g/mol. The normalized spacial score (nSPS) is 23.5. The summed E-state index contributed by atoms with van der Waals surface area (Å²) in [5, 5.41) is 11.4. The largest absolute Gasteiger partial charge is 0.348 e. The third-order valence-electron chi connectivity index (χ3n) is 4.99. The van der Waals surface area contributed by atoms with Crippen LogP contribution in [0, 0.1) is 5.41 Å². The van der Waals surface area contributed by atoms with Crippen LogP contribution in [-0.2, 0) is 0 Å². The molecule has 6 heteroatoms. The zero-order valence-electron chi connectivity index (χ0n) is 15.3. The summed E-state index contributed by atoms with van der Waals surface area (Å²) in [7, 11) is 0. The fraction of sp³-hybridized carbons (Fsp3) is 0.833. The Morgan fingerprint density at radius 2 is 2.00 bits per heavy atom. The quantitative estimate of drug-likeness (QED) is 0.920. The molecule has 1 aromatic heterocycles. The summed E-state index contributed by atoms with van der Waals surface area (Å²) in [4.78, 5) is 14.8. The van der Waals surface area contributed by atoms with E-state index >= 15 is 0 Å². The van der Waals surface area contributed by atoms with Crippen molar-refractivity contribution in [3.05, 3.63) is 11.9 Å². The van der Waals surface area contributed by atoms with Crippen LogP contribution in [0.1, 0.15) is 75.8 Å². The Labute approximate surface area is 145 Å². The maximum Gasteiger partial charge on any atom is 0.273 e. The SMILES string of the molecule is CC(C)(C)CN1CCC[C@@H](n2cc(C(=O)NC3CCCC3)nn2)C1. The third-order valence-corrected chi connectivity index (χ3v) is 4.99. The standard InChI is InChI=1S/C18H31N5O/c1-18(2,3)13-22-10-6-9-15(11-22)23-12-16(20-21-23)17(24)19-14-7-4-5-8-14/h12,14-15H,4-11,13H2,1-3H3,(H,19,24)/t15-/m1/s1. The number of amides is 1. The fourth-order valence-electron chi connectivity index (χ4n) is 3.95. The van der Waals surface area contributed by atoms with Gasteiger partial charge in [-0.15, -0.1) is 5.10 Å². The van der Waals surface area contributed by atoms with Crippen molar-refractivity contribution in [3.8, 4) is 0 Å². The number of hydrogen-bond donors (Lipinski definition) is 1. The molecule has 1 aliphatic heterocycles. The van der Waals surface area contributed by atoms with Crippen molar-refractivity contribution in [2.75, 3.05) is 19.6 Å². The molecule has 1 amide bonds. The molecule has 2 fully saturated rings. The minimum atomic E-state index is -0.0736. The van der Waals surface area contributed by atoms with Gasteiger partial charge < -0.3 is 10.2 Å². The van der Waals surface area contributed by atoms with Crippen LogP contribution in [0.3, 0.4) is 0 Å². The summed E-state index contributed by atoms with van der Waals surface area (Å²) in [6.45, 7) is 10.1. The number of piperidine rings is 1. The van der Waals surface area contributed by atoms with Gasteiger partial charge in [0.25, 0.3) is 5.91 Å². The Hall–Kier alpha value is -1.43. The van der Waals surface area contributed by atoms with Crippen LogP contribution < -0.4 is 5.32 Å². The molecule has 1 aliphatic carbocycles. The Morgan fingerprint density at radius 1 is 1.25 bits per heavy atom. The predicted molar refractivity (Wildman–Crippen MR) is 93.9 cm³/mol. The topological polar surface area (TPSA) is 63.1 Å². The number of aromatic nitrogens is 3. The first kappa shape index (κ1) is 17.4. The van der Waals surface area contributed by atoms with Crippen LogP contribution in [0.2, 0.25) is 0 Å². The summed E-state index contributed by atoms with van der Waals surface area (Å²) in [5.41, 5.74) is 0.756. The lowest BCUT2D eigenvalue weighted by Gasteiger charge is -2.36. The smallest absolute Gasteiger partial charge is 0.273 e. The molecule has 0 radical (unpaired) electrons. The molecule has 1 N–H and O–H groups in total.